The lowest BCUT2D eigenvalue weighted by atomic mass is 9.75. The first kappa shape index (κ1) is 13.4. The Morgan fingerprint density at radius 2 is 2.22 bits per heavy atom. The van der Waals surface area contributed by atoms with Gasteiger partial charge in [0, 0.05) is 23.5 Å². The Hall–Kier alpha value is -1.03. The molecule has 1 aliphatic carbocycles. The Balaban J connectivity index is 1.94. The lowest BCUT2D eigenvalue weighted by Crippen LogP contribution is -2.40. The minimum Gasteiger partial charge on any atom is -0.351 e. The van der Waals surface area contributed by atoms with E-state index < -0.39 is 0 Å². The average molecular weight is 270 g/mol. The number of hydrogen-bond acceptors (Lipinski definition) is 2. The second-order valence-electron chi connectivity index (χ2n) is 5.29. The van der Waals surface area contributed by atoms with E-state index in [2.05, 4.69) is 15.5 Å². The zero-order valence-electron chi connectivity index (χ0n) is 10.8. The van der Waals surface area contributed by atoms with E-state index in [-0.39, 0.29) is 11.3 Å². The van der Waals surface area contributed by atoms with Crippen molar-refractivity contribution in [1.82, 2.24) is 15.5 Å². The summed E-state index contributed by atoms with van der Waals surface area (Å²) in [5.41, 5.74) is 1.51. The topological polar surface area (TPSA) is 57.8 Å². The van der Waals surface area contributed by atoms with Crippen LogP contribution < -0.4 is 5.32 Å². The van der Waals surface area contributed by atoms with Gasteiger partial charge in [-0.05, 0) is 19.8 Å². The highest BCUT2D eigenvalue weighted by Gasteiger charge is 2.31. The molecule has 1 aromatic heterocycles. The van der Waals surface area contributed by atoms with E-state index in [4.69, 9.17) is 11.6 Å². The molecule has 0 atom stereocenters. The highest BCUT2D eigenvalue weighted by molar-refractivity contribution is 6.18. The van der Waals surface area contributed by atoms with E-state index in [9.17, 15) is 4.79 Å². The van der Waals surface area contributed by atoms with Crippen LogP contribution in [-0.4, -0.2) is 28.5 Å². The first-order valence-electron chi connectivity index (χ1n) is 6.51. The third kappa shape index (κ3) is 2.86. The number of hydrogen-bond donors (Lipinski definition) is 2. The first-order chi connectivity index (χ1) is 8.67. The van der Waals surface area contributed by atoms with Crippen LogP contribution in [0, 0.1) is 12.3 Å². The monoisotopic (exact) mass is 269 g/mol. The van der Waals surface area contributed by atoms with Gasteiger partial charge in [0.15, 0.2) is 0 Å². The number of rotatable bonds is 4. The predicted octanol–water partition coefficient (Wildman–Crippen LogP) is 2.64. The van der Waals surface area contributed by atoms with Crippen LogP contribution in [0.3, 0.4) is 0 Å². The van der Waals surface area contributed by atoms with Crippen molar-refractivity contribution >= 4 is 17.5 Å². The number of alkyl halides is 1. The quantitative estimate of drug-likeness (QED) is 0.826. The first-order valence-corrected chi connectivity index (χ1v) is 7.04. The number of H-pyrrole nitrogens is 1. The second-order valence-corrected chi connectivity index (χ2v) is 5.55. The SMILES string of the molecule is Cc1[nH]ncc1C(=O)NCC1(CCl)CCCCC1. The molecule has 1 heterocycles. The maximum absolute atomic E-state index is 12.0. The smallest absolute Gasteiger partial charge is 0.254 e. The van der Waals surface area contributed by atoms with Gasteiger partial charge < -0.3 is 5.32 Å². The van der Waals surface area contributed by atoms with Gasteiger partial charge in [-0.15, -0.1) is 11.6 Å². The predicted molar refractivity (Wildman–Crippen MR) is 71.9 cm³/mol. The number of aryl methyl sites for hydroxylation is 1. The van der Waals surface area contributed by atoms with Crippen molar-refractivity contribution in [1.29, 1.82) is 0 Å². The van der Waals surface area contributed by atoms with E-state index in [1.54, 1.807) is 6.20 Å². The van der Waals surface area contributed by atoms with E-state index in [1.165, 1.54) is 19.3 Å². The fourth-order valence-electron chi connectivity index (χ4n) is 2.60. The van der Waals surface area contributed by atoms with E-state index in [0.717, 1.165) is 18.5 Å². The number of carbonyl (C=O) groups is 1. The molecule has 0 bridgehead atoms. The van der Waals surface area contributed by atoms with Crippen molar-refractivity contribution in [3.05, 3.63) is 17.5 Å². The van der Waals surface area contributed by atoms with Gasteiger partial charge in [0.1, 0.15) is 0 Å². The number of nitrogens with zero attached hydrogens (tertiary/aromatic N) is 1. The number of halogens is 1. The van der Waals surface area contributed by atoms with Crippen molar-refractivity contribution in [2.24, 2.45) is 5.41 Å². The maximum atomic E-state index is 12.0. The zero-order chi connectivity index (χ0) is 13.0. The molecule has 0 aliphatic heterocycles. The summed E-state index contributed by atoms with van der Waals surface area (Å²) in [6.07, 6.45) is 7.51. The van der Waals surface area contributed by atoms with Gasteiger partial charge >= 0.3 is 0 Å². The Bertz CT molecular complexity index is 410. The van der Waals surface area contributed by atoms with Crippen LogP contribution in [0.25, 0.3) is 0 Å². The van der Waals surface area contributed by atoms with Gasteiger partial charge in [0.2, 0.25) is 0 Å². The third-order valence-electron chi connectivity index (χ3n) is 3.90. The molecule has 18 heavy (non-hydrogen) atoms. The molecule has 4 nitrogen and oxygen atoms in total. The van der Waals surface area contributed by atoms with Gasteiger partial charge in [0.05, 0.1) is 11.8 Å². The Kier molecular flexibility index (Phi) is 4.27. The Morgan fingerprint density at radius 3 is 2.78 bits per heavy atom. The van der Waals surface area contributed by atoms with Crippen LogP contribution in [0.5, 0.6) is 0 Å². The molecule has 1 aromatic rings. The van der Waals surface area contributed by atoms with Crippen LogP contribution in [0.1, 0.15) is 48.2 Å². The number of carbonyl (C=O) groups excluding carboxylic acids is 1. The number of aromatic nitrogens is 2. The van der Waals surface area contributed by atoms with Crippen LogP contribution >= 0.6 is 11.6 Å². The molecule has 1 amide bonds. The number of amides is 1. The van der Waals surface area contributed by atoms with Gasteiger partial charge in [-0.3, -0.25) is 9.89 Å². The molecule has 1 fully saturated rings. The lowest BCUT2D eigenvalue weighted by Gasteiger charge is -2.35. The van der Waals surface area contributed by atoms with Crippen molar-refractivity contribution in [2.45, 2.75) is 39.0 Å². The Labute approximate surface area is 112 Å². The van der Waals surface area contributed by atoms with Crippen LogP contribution in [0.15, 0.2) is 6.20 Å². The van der Waals surface area contributed by atoms with Crippen molar-refractivity contribution < 1.29 is 4.79 Å². The minimum absolute atomic E-state index is 0.0590. The molecule has 2 rings (SSSR count). The minimum atomic E-state index is -0.0590. The molecular weight excluding hydrogens is 250 g/mol. The van der Waals surface area contributed by atoms with Gasteiger partial charge in [-0.2, -0.15) is 5.10 Å². The molecule has 0 spiro atoms. The van der Waals surface area contributed by atoms with E-state index in [0.29, 0.717) is 18.0 Å². The second kappa shape index (κ2) is 5.74. The summed E-state index contributed by atoms with van der Waals surface area (Å²) in [5.74, 6) is 0.564. The molecular formula is C13H20ClN3O. The van der Waals surface area contributed by atoms with Crippen LogP contribution in [0.4, 0.5) is 0 Å². The molecule has 2 N–H and O–H groups in total. The average Bonchev–Trinajstić information content (AvgIpc) is 2.83. The summed E-state index contributed by atoms with van der Waals surface area (Å²) >= 11 is 6.11. The van der Waals surface area contributed by atoms with E-state index >= 15 is 0 Å². The largest absolute Gasteiger partial charge is 0.351 e. The molecule has 0 unspecified atom stereocenters. The molecule has 0 radical (unpaired) electrons. The molecule has 5 heteroatoms. The van der Waals surface area contributed by atoms with Gasteiger partial charge in [0.25, 0.3) is 5.91 Å². The van der Waals surface area contributed by atoms with Crippen LogP contribution in [0.2, 0.25) is 0 Å². The third-order valence-corrected chi connectivity index (χ3v) is 4.46. The summed E-state index contributed by atoms with van der Waals surface area (Å²) in [5, 5.41) is 9.64. The summed E-state index contributed by atoms with van der Waals surface area (Å²) in [6.45, 7) is 2.51. The normalized spacial score (nSPS) is 18.6. The van der Waals surface area contributed by atoms with E-state index in [1.807, 2.05) is 6.92 Å². The molecule has 0 aromatic carbocycles. The van der Waals surface area contributed by atoms with Crippen molar-refractivity contribution in [3.8, 4) is 0 Å². The summed E-state index contributed by atoms with van der Waals surface area (Å²) in [7, 11) is 0. The fraction of sp³-hybridized carbons (Fsp3) is 0.692. The molecule has 1 saturated carbocycles. The lowest BCUT2D eigenvalue weighted by molar-refractivity contribution is 0.0920. The van der Waals surface area contributed by atoms with Crippen molar-refractivity contribution in [3.63, 3.8) is 0 Å². The highest BCUT2D eigenvalue weighted by atomic mass is 35.5. The summed E-state index contributed by atoms with van der Waals surface area (Å²) in [6, 6.07) is 0. The van der Waals surface area contributed by atoms with Gasteiger partial charge in [-0.1, -0.05) is 19.3 Å². The standard InChI is InChI=1S/C13H20ClN3O/c1-10-11(7-16-17-10)12(18)15-9-13(8-14)5-3-2-4-6-13/h7H,2-6,8-9H2,1H3,(H,15,18)(H,16,17). The van der Waals surface area contributed by atoms with Gasteiger partial charge in [-0.25, -0.2) is 0 Å². The highest BCUT2D eigenvalue weighted by Crippen LogP contribution is 2.36. The number of nitrogens with one attached hydrogen (secondary N) is 2. The maximum Gasteiger partial charge on any atom is 0.254 e. The Morgan fingerprint density at radius 1 is 1.50 bits per heavy atom. The molecule has 1 aliphatic rings. The van der Waals surface area contributed by atoms with Crippen LogP contribution in [-0.2, 0) is 0 Å². The summed E-state index contributed by atoms with van der Waals surface area (Å²) < 4.78 is 0. The zero-order valence-corrected chi connectivity index (χ0v) is 11.5. The van der Waals surface area contributed by atoms with Crippen molar-refractivity contribution in [2.75, 3.05) is 12.4 Å². The molecule has 0 saturated heterocycles. The molecule has 100 valence electrons. The summed E-state index contributed by atoms with van der Waals surface area (Å²) in [4.78, 5) is 12.0. The number of aromatic amines is 1. The fourth-order valence-corrected chi connectivity index (χ4v) is 2.96.